The van der Waals surface area contributed by atoms with E-state index < -0.39 is 30.8 Å². The van der Waals surface area contributed by atoms with Crippen LogP contribution in [0.2, 0.25) is 0 Å². The van der Waals surface area contributed by atoms with E-state index in [4.69, 9.17) is 5.11 Å². The molecule has 5 nitrogen and oxygen atoms in total. The van der Waals surface area contributed by atoms with Gasteiger partial charge in [-0.15, -0.1) is 0 Å². The minimum absolute atomic E-state index is 0.115. The molecule has 23 heavy (non-hydrogen) atoms. The minimum Gasteiger partial charge on any atom is -0.481 e. The van der Waals surface area contributed by atoms with E-state index in [1.54, 1.807) is 6.20 Å². The van der Waals surface area contributed by atoms with Crippen molar-refractivity contribution in [3.05, 3.63) is 42.1 Å². The number of H-pyrrole nitrogens is 1. The van der Waals surface area contributed by atoms with Gasteiger partial charge in [-0.2, -0.15) is 5.10 Å². The number of likely N-dealkylation sites (tertiary alicyclic amines) is 1. The number of carboxylic acids is 1. The fourth-order valence-electron chi connectivity index (χ4n) is 3.01. The number of nitrogens with zero attached hydrogens (tertiary/aromatic N) is 2. The van der Waals surface area contributed by atoms with E-state index in [1.807, 2.05) is 30.3 Å². The Labute approximate surface area is 131 Å². The number of aromatic amines is 1. The van der Waals surface area contributed by atoms with E-state index in [0.29, 0.717) is 0 Å². The Kier molecular flexibility index (Phi) is 4.12. The van der Waals surface area contributed by atoms with Crippen LogP contribution in [0.15, 0.2) is 36.5 Å². The number of carbonyl (C=O) groups is 1. The molecule has 1 saturated heterocycles. The summed E-state index contributed by atoms with van der Waals surface area (Å²) in [5.74, 6) is -5.21. The molecule has 0 bridgehead atoms. The van der Waals surface area contributed by atoms with Crippen molar-refractivity contribution in [3.63, 3.8) is 0 Å². The largest absolute Gasteiger partial charge is 0.481 e. The second-order valence-electron chi connectivity index (χ2n) is 5.90. The monoisotopic (exact) mass is 321 g/mol. The van der Waals surface area contributed by atoms with Crippen molar-refractivity contribution in [1.82, 2.24) is 15.1 Å². The Hall–Kier alpha value is -2.28. The number of aliphatic carboxylic acids is 1. The maximum absolute atomic E-state index is 13.8. The van der Waals surface area contributed by atoms with Gasteiger partial charge in [0.05, 0.1) is 24.4 Å². The number of aromatic nitrogens is 2. The Balaban J connectivity index is 1.80. The van der Waals surface area contributed by atoms with Crippen molar-refractivity contribution < 1.29 is 18.7 Å². The summed E-state index contributed by atoms with van der Waals surface area (Å²) in [6.07, 6.45) is 1.00. The van der Waals surface area contributed by atoms with Crippen LogP contribution in [0.3, 0.4) is 0 Å². The second-order valence-corrected chi connectivity index (χ2v) is 5.90. The zero-order chi connectivity index (χ0) is 16.4. The van der Waals surface area contributed by atoms with Crippen LogP contribution in [0.4, 0.5) is 8.78 Å². The SMILES string of the molecule is O=C(O)C1CN(Cc2cn[nH]c2-c2ccccc2)CC(F)(F)C1. The van der Waals surface area contributed by atoms with Crippen molar-refractivity contribution in [2.45, 2.75) is 18.9 Å². The molecule has 1 aliphatic heterocycles. The maximum atomic E-state index is 13.8. The van der Waals surface area contributed by atoms with Crippen LogP contribution in [0, 0.1) is 5.92 Å². The first-order valence-electron chi connectivity index (χ1n) is 7.35. The summed E-state index contributed by atoms with van der Waals surface area (Å²) in [7, 11) is 0. The number of hydrogen-bond acceptors (Lipinski definition) is 3. The van der Waals surface area contributed by atoms with Gasteiger partial charge in [0.2, 0.25) is 0 Å². The highest BCUT2D eigenvalue weighted by atomic mass is 19.3. The lowest BCUT2D eigenvalue weighted by Crippen LogP contribution is -2.48. The Morgan fingerprint density at radius 3 is 2.83 bits per heavy atom. The van der Waals surface area contributed by atoms with Crippen molar-refractivity contribution in [3.8, 4) is 11.3 Å². The van der Waals surface area contributed by atoms with Gasteiger partial charge in [-0.05, 0) is 5.56 Å². The number of rotatable bonds is 4. The van der Waals surface area contributed by atoms with Crippen LogP contribution in [0.1, 0.15) is 12.0 Å². The first-order valence-corrected chi connectivity index (χ1v) is 7.35. The van der Waals surface area contributed by atoms with Gasteiger partial charge in [-0.1, -0.05) is 30.3 Å². The topological polar surface area (TPSA) is 69.2 Å². The number of halogens is 2. The standard InChI is InChI=1S/C16H17F2N3O2/c17-16(18)6-12(15(22)23)8-21(10-16)9-13-7-19-20-14(13)11-4-2-1-3-5-11/h1-5,7,12H,6,8-10H2,(H,19,20)(H,22,23). The summed E-state index contributed by atoms with van der Waals surface area (Å²) in [5, 5.41) is 16.0. The van der Waals surface area contributed by atoms with Gasteiger partial charge in [-0.25, -0.2) is 8.78 Å². The first-order chi connectivity index (χ1) is 10.9. The zero-order valence-corrected chi connectivity index (χ0v) is 12.4. The normalized spacial score (nSPS) is 21.2. The molecule has 1 atom stereocenters. The predicted octanol–water partition coefficient (Wildman–Crippen LogP) is 2.62. The van der Waals surface area contributed by atoms with Gasteiger partial charge in [0, 0.05) is 25.1 Å². The molecule has 122 valence electrons. The van der Waals surface area contributed by atoms with Crippen molar-refractivity contribution in [1.29, 1.82) is 0 Å². The van der Waals surface area contributed by atoms with E-state index in [1.165, 1.54) is 4.90 Å². The molecule has 3 rings (SSSR count). The molecule has 1 aromatic carbocycles. The third-order valence-corrected chi connectivity index (χ3v) is 4.00. The van der Waals surface area contributed by atoms with E-state index in [0.717, 1.165) is 16.8 Å². The first kappa shape index (κ1) is 15.6. The van der Waals surface area contributed by atoms with Crippen LogP contribution in [-0.4, -0.2) is 45.2 Å². The summed E-state index contributed by atoms with van der Waals surface area (Å²) >= 11 is 0. The lowest BCUT2D eigenvalue weighted by Gasteiger charge is -2.35. The summed E-state index contributed by atoms with van der Waals surface area (Å²) in [6.45, 7) is -0.0827. The molecule has 1 aliphatic rings. The molecule has 2 heterocycles. The Morgan fingerprint density at radius 2 is 2.13 bits per heavy atom. The van der Waals surface area contributed by atoms with Crippen LogP contribution in [-0.2, 0) is 11.3 Å². The predicted molar refractivity (Wildman–Crippen MR) is 80.0 cm³/mol. The van der Waals surface area contributed by atoms with Gasteiger partial charge in [0.1, 0.15) is 0 Å². The van der Waals surface area contributed by atoms with E-state index in [9.17, 15) is 13.6 Å². The third-order valence-electron chi connectivity index (χ3n) is 4.00. The summed E-state index contributed by atoms with van der Waals surface area (Å²) in [6, 6.07) is 9.47. The molecule has 0 spiro atoms. The number of hydrogen-bond donors (Lipinski definition) is 2. The van der Waals surface area contributed by atoms with Crippen molar-refractivity contribution in [2.75, 3.05) is 13.1 Å². The molecule has 0 aliphatic carbocycles. The minimum atomic E-state index is -2.99. The third kappa shape index (κ3) is 3.56. The lowest BCUT2D eigenvalue weighted by molar-refractivity contribution is -0.153. The molecular weight excluding hydrogens is 304 g/mol. The van der Waals surface area contributed by atoms with Crippen LogP contribution in [0.5, 0.6) is 0 Å². The number of alkyl halides is 2. The smallest absolute Gasteiger partial charge is 0.308 e. The second kappa shape index (κ2) is 6.08. The Morgan fingerprint density at radius 1 is 1.39 bits per heavy atom. The average molecular weight is 321 g/mol. The quantitative estimate of drug-likeness (QED) is 0.908. The van der Waals surface area contributed by atoms with Crippen molar-refractivity contribution in [2.24, 2.45) is 5.92 Å². The van der Waals surface area contributed by atoms with Crippen molar-refractivity contribution >= 4 is 5.97 Å². The fraction of sp³-hybridized carbons (Fsp3) is 0.375. The molecule has 0 radical (unpaired) electrons. The molecule has 7 heteroatoms. The van der Waals surface area contributed by atoms with E-state index in [2.05, 4.69) is 10.2 Å². The molecule has 1 aromatic heterocycles. The van der Waals surface area contributed by atoms with Crippen LogP contribution >= 0.6 is 0 Å². The highest BCUT2D eigenvalue weighted by Crippen LogP contribution is 2.32. The summed E-state index contributed by atoms with van der Waals surface area (Å²) < 4.78 is 27.6. The highest BCUT2D eigenvalue weighted by molar-refractivity contribution is 5.70. The summed E-state index contributed by atoms with van der Waals surface area (Å²) in [5.41, 5.74) is 2.46. The number of nitrogens with one attached hydrogen (secondary N) is 1. The summed E-state index contributed by atoms with van der Waals surface area (Å²) in [4.78, 5) is 12.6. The zero-order valence-electron chi connectivity index (χ0n) is 12.4. The Bertz CT molecular complexity index is 688. The fourth-order valence-corrected chi connectivity index (χ4v) is 3.01. The maximum Gasteiger partial charge on any atom is 0.308 e. The van der Waals surface area contributed by atoms with Gasteiger partial charge in [-0.3, -0.25) is 14.8 Å². The number of piperidine rings is 1. The van der Waals surface area contributed by atoms with Gasteiger partial charge >= 0.3 is 5.97 Å². The van der Waals surface area contributed by atoms with Gasteiger partial charge < -0.3 is 5.11 Å². The van der Waals surface area contributed by atoms with Crippen LogP contribution < -0.4 is 0 Å². The molecule has 1 fully saturated rings. The molecule has 0 saturated carbocycles. The number of benzene rings is 1. The molecule has 0 amide bonds. The van der Waals surface area contributed by atoms with Gasteiger partial charge in [0.15, 0.2) is 0 Å². The van der Waals surface area contributed by atoms with Gasteiger partial charge in [0.25, 0.3) is 5.92 Å². The molecular formula is C16H17F2N3O2. The highest BCUT2D eigenvalue weighted by Gasteiger charge is 2.43. The average Bonchev–Trinajstić information content (AvgIpc) is 2.94. The van der Waals surface area contributed by atoms with Crippen LogP contribution in [0.25, 0.3) is 11.3 Å². The molecule has 2 aromatic rings. The molecule has 1 unspecified atom stereocenters. The molecule has 2 N–H and O–H groups in total. The number of carboxylic acid groups (broad SMARTS) is 1. The van der Waals surface area contributed by atoms with E-state index in [-0.39, 0.29) is 13.1 Å². The van der Waals surface area contributed by atoms with E-state index >= 15 is 0 Å². The lowest BCUT2D eigenvalue weighted by atomic mass is 9.95.